The number of carbonyl (C=O) groups excluding carboxylic acids is 1. The van der Waals surface area contributed by atoms with Crippen molar-refractivity contribution in [2.45, 2.75) is 24.0 Å². The summed E-state index contributed by atoms with van der Waals surface area (Å²) in [6, 6.07) is 13.5. The Balaban J connectivity index is 1.96. The summed E-state index contributed by atoms with van der Waals surface area (Å²) >= 11 is 3.25. The molecule has 0 spiro atoms. The summed E-state index contributed by atoms with van der Waals surface area (Å²) in [5.41, 5.74) is 1.54. The molecule has 0 aliphatic rings. The summed E-state index contributed by atoms with van der Waals surface area (Å²) in [5, 5.41) is 0.513. The monoisotopic (exact) mass is 372 g/mol. The van der Waals surface area contributed by atoms with E-state index in [1.54, 1.807) is 18.9 Å². The van der Waals surface area contributed by atoms with Gasteiger partial charge in [0.1, 0.15) is 11.3 Å². The molecule has 0 saturated carbocycles. The predicted molar refractivity (Wildman–Crippen MR) is 105 cm³/mol. The van der Waals surface area contributed by atoms with Gasteiger partial charge < -0.3 is 9.30 Å². The van der Waals surface area contributed by atoms with Crippen molar-refractivity contribution in [2.75, 3.05) is 7.11 Å². The standard InChI is InChI=1S/C19H20N2O2S2/c1-12(2)24-14-10-8-13(9-11-14)18(22)20-19-21(3)17-15(23-4)6-5-7-16(17)25-19/h5-12H,1-4H3. The molecule has 130 valence electrons. The maximum atomic E-state index is 12.5. The van der Waals surface area contributed by atoms with Crippen LogP contribution in [0.2, 0.25) is 0 Å². The van der Waals surface area contributed by atoms with Gasteiger partial charge in [-0.3, -0.25) is 4.79 Å². The maximum Gasteiger partial charge on any atom is 0.279 e. The molecule has 6 heteroatoms. The minimum atomic E-state index is -0.234. The number of ether oxygens (including phenoxy) is 1. The average Bonchev–Trinajstić information content (AvgIpc) is 2.91. The van der Waals surface area contributed by atoms with Crippen LogP contribution in [-0.2, 0) is 7.05 Å². The fraction of sp³-hybridized carbons (Fsp3) is 0.263. The summed E-state index contributed by atoms with van der Waals surface area (Å²) < 4.78 is 8.35. The smallest absolute Gasteiger partial charge is 0.279 e. The Morgan fingerprint density at radius 3 is 2.56 bits per heavy atom. The molecule has 0 N–H and O–H groups in total. The lowest BCUT2D eigenvalue weighted by Gasteiger charge is -2.04. The fourth-order valence-corrected chi connectivity index (χ4v) is 4.41. The minimum Gasteiger partial charge on any atom is -0.495 e. The van der Waals surface area contributed by atoms with Crippen molar-refractivity contribution >= 4 is 39.2 Å². The number of nitrogens with zero attached hydrogens (tertiary/aromatic N) is 2. The third kappa shape index (κ3) is 3.80. The van der Waals surface area contributed by atoms with Crippen LogP contribution in [0, 0.1) is 0 Å². The highest BCUT2D eigenvalue weighted by Gasteiger charge is 2.10. The van der Waals surface area contributed by atoms with Crippen molar-refractivity contribution < 1.29 is 9.53 Å². The second-order valence-corrected chi connectivity index (χ2v) is 8.52. The van der Waals surface area contributed by atoms with Gasteiger partial charge in [0.05, 0.1) is 11.8 Å². The van der Waals surface area contributed by atoms with E-state index in [-0.39, 0.29) is 5.91 Å². The number of carbonyl (C=O) groups is 1. The molecule has 25 heavy (non-hydrogen) atoms. The molecule has 4 nitrogen and oxygen atoms in total. The molecule has 3 rings (SSSR count). The number of amides is 1. The van der Waals surface area contributed by atoms with Crippen LogP contribution in [0.5, 0.6) is 5.75 Å². The van der Waals surface area contributed by atoms with E-state index in [4.69, 9.17) is 4.74 Å². The van der Waals surface area contributed by atoms with Crippen LogP contribution in [0.1, 0.15) is 24.2 Å². The van der Waals surface area contributed by atoms with E-state index in [1.165, 1.54) is 11.3 Å². The largest absolute Gasteiger partial charge is 0.495 e. The van der Waals surface area contributed by atoms with Crippen LogP contribution in [0.25, 0.3) is 10.2 Å². The normalized spacial score (nSPS) is 12.1. The lowest BCUT2D eigenvalue weighted by atomic mass is 10.2. The van der Waals surface area contributed by atoms with Gasteiger partial charge in [0.25, 0.3) is 5.91 Å². The van der Waals surface area contributed by atoms with Crippen molar-refractivity contribution in [1.82, 2.24) is 4.57 Å². The SMILES string of the molecule is COc1cccc2sc(=NC(=O)c3ccc(SC(C)C)cc3)n(C)c12. The van der Waals surface area contributed by atoms with Crippen LogP contribution >= 0.6 is 23.1 Å². The van der Waals surface area contributed by atoms with E-state index in [0.29, 0.717) is 15.6 Å². The van der Waals surface area contributed by atoms with Crippen molar-refractivity contribution in [1.29, 1.82) is 0 Å². The molecule has 2 aromatic carbocycles. The van der Waals surface area contributed by atoms with Gasteiger partial charge in [0, 0.05) is 22.8 Å². The van der Waals surface area contributed by atoms with Gasteiger partial charge in [-0.05, 0) is 36.4 Å². The number of aryl methyl sites for hydroxylation is 1. The number of hydrogen-bond donors (Lipinski definition) is 0. The number of para-hydroxylation sites is 1. The van der Waals surface area contributed by atoms with Gasteiger partial charge in [0.15, 0.2) is 4.80 Å². The molecular formula is C19H20N2O2S2. The zero-order valence-electron chi connectivity index (χ0n) is 14.6. The summed E-state index contributed by atoms with van der Waals surface area (Å²) in [4.78, 5) is 18.6. The molecule has 0 saturated heterocycles. The molecule has 0 unspecified atom stereocenters. The highest BCUT2D eigenvalue weighted by molar-refractivity contribution is 7.99. The van der Waals surface area contributed by atoms with Gasteiger partial charge in [-0.2, -0.15) is 4.99 Å². The third-order valence-electron chi connectivity index (χ3n) is 3.68. The first kappa shape index (κ1) is 17.8. The number of hydrogen-bond acceptors (Lipinski definition) is 4. The van der Waals surface area contributed by atoms with Crippen LogP contribution in [0.4, 0.5) is 0 Å². The van der Waals surface area contributed by atoms with Crippen molar-refractivity contribution in [3.05, 3.63) is 52.8 Å². The lowest BCUT2D eigenvalue weighted by molar-refractivity contribution is 0.0998. The van der Waals surface area contributed by atoms with Gasteiger partial charge in [-0.15, -0.1) is 11.8 Å². The van der Waals surface area contributed by atoms with Gasteiger partial charge >= 0.3 is 0 Å². The third-order valence-corrected chi connectivity index (χ3v) is 5.79. The topological polar surface area (TPSA) is 43.6 Å². The number of benzene rings is 2. The molecule has 1 aromatic heterocycles. The Hall–Kier alpha value is -2.05. The summed E-state index contributed by atoms with van der Waals surface area (Å²) in [5.74, 6) is 0.544. The quantitative estimate of drug-likeness (QED) is 0.634. The van der Waals surface area contributed by atoms with Crippen LogP contribution < -0.4 is 9.54 Å². The molecule has 1 amide bonds. The second-order valence-electron chi connectivity index (χ2n) is 5.86. The first-order chi connectivity index (χ1) is 12.0. The van der Waals surface area contributed by atoms with E-state index in [1.807, 2.05) is 54.1 Å². The Labute approximate surface area is 155 Å². The van der Waals surface area contributed by atoms with E-state index < -0.39 is 0 Å². The maximum absolute atomic E-state index is 12.5. The molecule has 0 fully saturated rings. The summed E-state index contributed by atoms with van der Waals surface area (Å²) in [6.45, 7) is 4.30. The molecule has 0 aliphatic carbocycles. The molecule has 0 atom stereocenters. The average molecular weight is 373 g/mol. The fourth-order valence-electron chi connectivity index (χ4n) is 2.54. The highest BCUT2D eigenvalue weighted by Crippen LogP contribution is 2.26. The second kappa shape index (κ2) is 7.45. The van der Waals surface area contributed by atoms with Crippen molar-refractivity contribution in [3.63, 3.8) is 0 Å². The lowest BCUT2D eigenvalue weighted by Crippen LogP contribution is -2.13. The van der Waals surface area contributed by atoms with E-state index >= 15 is 0 Å². The Kier molecular flexibility index (Phi) is 5.30. The van der Waals surface area contributed by atoms with Gasteiger partial charge in [-0.25, -0.2) is 0 Å². The molecule has 0 aliphatic heterocycles. The van der Waals surface area contributed by atoms with Crippen LogP contribution in [0.3, 0.4) is 0 Å². The van der Waals surface area contributed by atoms with E-state index in [9.17, 15) is 4.79 Å². The van der Waals surface area contributed by atoms with E-state index in [0.717, 1.165) is 20.9 Å². The predicted octanol–water partition coefficient (Wildman–Crippen LogP) is 4.49. The van der Waals surface area contributed by atoms with Crippen molar-refractivity contribution in [3.8, 4) is 5.75 Å². The zero-order valence-corrected chi connectivity index (χ0v) is 16.3. The van der Waals surface area contributed by atoms with Gasteiger partial charge in [-0.1, -0.05) is 31.3 Å². The minimum absolute atomic E-state index is 0.234. The molecule has 1 heterocycles. The van der Waals surface area contributed by atoms with E-state index in [2.05, 4.69) is 18.8 Å². The van der Waals surface area contributed by atoms with Crippen molar-refractivity contribution in [2.24, 2.45) is 12.0 Å². The Bertz CT molecular complexity index is 969. The molecule has 0 bridgehead atoms. The Morgan fingerprint density at radius 1 is 1.20 bits per heavy atom. The number of aromatic nitrogens is 1. The number of thioether (sulfide) groups is 1. The number of fused-ring (bicyclic) bond motifs is 1. The number of thiazole rings is 1. The Morgan fingerprint density at radius 2 is 1.92 bits per heavy atom. The van der Waals surface area contributed by atoms with Gasteiger partial charge in [0.2, 0.25) is 0 Å². The molecule has 0 radical (unpaired) electrons. The van der Waals surface area contributed by atoms with Crippen LogP contribution in [-0.4, -0.2) is 22.8 Å². The summed E-state index contributed by atoms with van der Waals surface area (Å²) in [6.07, 6.45) is 0. The zero-order chi connectivity index (χ0) is 18.0. The summed E-state index contributed by atoms with van der Waals surface area (Å²) in [7, 11) is 3.54. The molecule has 3 aromatic rings. The highest BCUT2D eigenvalue weighted by atomic mass is 32.2. The first-order valence-electron chi connectivity index (χ1n) is 7.98. The molecular weight excluding hydrogens is 352 g/mol. The number of rotatable bonds is 4. The number of methoxy groups -OCH3 is 1. The van der Waals surface area contributed by atoms with Crippen LogP contribution in [0.15, 0.2) is 52.4 Å². The first-order valence-corrected chi connectivity index (χ1v) is 9.67.